The molecule has 0 spiro atoms. The van der Waals surface area contributed by atoms with Crippen molar-refractivity contribution >= 4 is 0 Å². The van der Waals surface area contributed by atoms with Gasteiger partial charge in [-0.15, -0.1) is 0 Å². The first kappa shape index (κ1) is 8.21. The normalized spacial score (nSPS) is 16.1. The minimum absolute atomic E-state index is 0.0648. The molecule has 1 fully saturated rings. The average Bonchev–Trinajstić information content (AvgIpc) is 2.05. The van der Waals surface area contributed by atoms with Crippen molar-refractivity contribution in [3.8, 4) is 0 Å². The molecule has 1 saturated carbocycles. The Balaban J connectivity index is 0.000000112. The van der Waals surface area contributed by atoms with Crippen molar-refractivity contribution in [3.63, 3.8) is 0 Å². The molecule has 0 aromatic carbocycles. The number of nitrogens with zero attached hydrogens (tertiary/aromatic N) is 1. The third kappa shape index (κ3) is 3.73. The van der Waals surface area contributed by atoms with Crippen molar-refractivity contribution in [1.29, 1.82) is 0 Å². The highest BCUT2D eigenvalue weighted by molar-refractivity contribution is 4.88. The van der Waals surface area contributed by atoms with Gasteiger partial charge in [0, 0.05) is 12.4 Å². The van der Waals surface area contributed by atoms with E-state index in [0.29, 0.717) is 0 Å². The first-order chi connectivity index (χ1) is 5.39. The second-order valence-corrected chi connectivity index (χ2v) is 2.61. The summed E-state index contributed by atoms with van der Waals surface area (Å²) in [6.45, 7) is 0. The SMILES string of the molecule is OC1CCC1.c1ccncc1. The van der Waals surface area contributed by atoms with Gasteiger partial charge in [-0.05, 0) is 31.4 Å². The van der Waals surface area contributed by atoms with Crippen LogP contribution in [0.5, 0.6) is 0 Å². The molecule has 0 radical (unpaired) electrons. The van der Waals surface area contributed by atoms with E-state index in [2.05, 4.69) is 4.98 Å². The van der Waals surface area contributed by atoms with Gasteiger partial charge in [0.25, 0.3) is 0 Å². The molecular weight excluding hydrogens is 138 g/mol. The van der Waals surface area contributed by atoms with Crippen LogP contribution < -0.4 is 0 Å². The zero-order valence-electron chi connectivity index (χ0n) is 6.48. The van der Waals surface area contributed by atoms with E-state index in [-0.39, 0.29) is 6.10 Å². The van der Waals surface area contributed by atoms with Gasteiger partial charge in [-0.25, -0.2) is 0 Å². The molecule has 1 aromatic rings. The van der Waals surface area contributed by atoms with E-state index in [1.54, 1.807) is 12.4 Å². The number of pyridine rings is 1. The van der Waals surface area contributed by atoms with Crippen molar-refractivity contribution in [2.24, 2.45) is 0 Å². The molecule has 1 heterocycles. The van der Waals surface area contributed by atoms with Crippen LogP contribution in [-0.4, -0.2) is 16.2 Å². The number of hydrogen-bond acceptors (Lipinski definition) is 2. The maximum atomic E-state index is 8.45. The smallest absolute Gasteiger partial charge is 0.0540 e. The molecule has 1 N–H and O–H groups in total. The maximum Gasteiger partial charge on any atom is 0.0540 e. The van der Waals surface area contributed by atoms with Crippen LogP contribution in [0.3, 0.4) is 0 Å². The molecule has 1 aliphatic rings. The third-order valence-corrected chi connectivity index (χ3v) is 1.64. The lowest BCUT2D eigenvalue weighted by atomic mass is 9.97. The van der Waals surface area contributed by atoms with Crippen LogP contribution in [0, 0.1) is 0 Å². The lowest BCUT2D eigenvalue weighted by Crippen LogP contribution is -2.15. The predicted molar refractivity (Wildman–Crippen MR) is 44.1 cm³/mol. The highest BCUT2D eigenvalue weighted by Gasteiger charge is 2.11. The summed E-state index contributed by atoms with van der Waals surface area (Å²) in [5.74, 6) is 0. The second-order valence-electron chi connectivity index (χ2n) is 2.61. The summed E-state index contributed by atoms with van der Waals surface area (Å²) >= 11 is 0. The van der Waals surface area contributed by atoms with Crippen LogP contribution in [-0.2, 0) is 0 Å². The molecule has 0 amide bonds. The molecule has 2 rings (SSSR count). The fraction of sp³-hybridized carbons (Fsp3) is 0.444. The molecule has 2 nitrogen and oxygen atoms in total. The summed E-state index contributed by atoms with van der Waals surface area (Å²) in [5.41, 5.74) is 0. The number of aromatic nitrogens is 1. The van der Waals surface area contributed by atoms with Gasteiger partial charge in [-0.2, -0.15) is 0 Å². The molecule has 0 atom stereocenters. The lowest BCUT2D eigenvalue weighted by molar-refractivity contribution is 0.0950. The summed E-state index contributed by atoms with van der Waals surface area (Å²) in [7, 11) is 0. The van der Waals surface area contributed by atoms with Gasteiger partial charge in [-0.3, -0.25) is 4.98 Å². The van der Waals surface area contributed by atoms with Crippen molar-refractivity contribution in [2.75, 3.05) is 0 Å². The van der Waals surface area contributed by atoms with Gasteiger partial charge < -0.3 is 5.11 Å². The summed E-state index contributed by atoms with van der Waals surface area (Å²) in [6, 6.07) is 5.72. The van der Waals surface area contributed by atoms with Crippen molar-refractivity contribution in [2.45, 2.75) is 25.4 Å². The van der Waals surface area contributed by atoms with Gasteiger partial charge in [0.15, 0.2) is 0 Å². The molecule has 0 bridgehead atoms. The quantitative estimate of drug-likeness (QED) is 0.611. The fourth-order valence-corrected chi connectivity index (χ4v) is 0.699. The highest BCUT2D eigenvalue weighted by Crippen LogP contribution is 2.16. The standard InChI is InChI=1S/C5H5N.C4H8O/c1-2-4-6-5-3-1;5-4-2-1-3-4/h1-5H;4-5H,1-3H2. The Labute approximate surface area is 66.9 Å². The summed E-state index contributed by atoms with van der Waals surface area (Å²) in [5, 5.41) is 8.45. The predicted octanol–water partition coefficient (Wildman–Crippen LogP) is 1.61. The first-order valence-electron chi connectivity index (χ1n) is 3.92. The Hall–Kier alpha value is -0.890. The number of rotatable bonds is 0. The van der Waals surface area contributed by atoms with E-state index in [1.807, 2.05) is 18.2 Å². The Morgan fingerprint density at radius 2 is 1.64 bits per heavy atom. The molecule has 2 heteroatoms. The summed E-state index contributed by atoms with van der Waals surface area (Å²) < 4.78 is 0. The number of aliphatic hydroxyl groups excluding tert-OH is 1. The van der Waals surface area contributed by atoms with Crippen LogP contribution in [0.15, 0.2) is 30.6 Å². The van der Waals surface area contributed by atoms with E-state index < -0.39 is 0 Å². The largest absolute Gasteiger partial charge is 0.393 e. The zero-order valence-corrected chi connectivity index (χ0v) is 6.48. The van der Waals surface area contributed by atoms with Crippen LogP contribution >= 0.6 is 0 Å². The van der Waals surface area contributed by atoms with E-state index in [9.17, 15) is 0 Å². The van der Waals surface area contributed by atoms with Gasteiger partial charge in [0.1, 0.15) is 0 Å². The van der Waals surface area contributed by atoms with E-state index >= 15 is 0 Å². The molecule has 0 aliphatic heterocycles. The maximum absolute atomic E-state index is 8.45. The summed E-state index contributed by atoms with van der Waals surface area (Å²) in [4.78, 5) is 3.78. The van der Waals surface area contributed by atoms with E-state index in [4.69, 9.17) is 5.11 Å². The monoisotopic (exact) mass is 151 g/mol. The summed E-state index contributed by atoms with van der Waals surface area (Å²) in [6.07, 6.45) is 6.89. The molecule has 1 aromatic heterocycles. The van der Waals surface area contributed by atoms with Crippen LogP contribution in [0.1, 0.15) is 19.3 Å². The Morgan fingerprint density at radius 1 is 1.09 bits per heavy atom. The van der Waals surface area contributed by atoms with Crippen molar-refractivity contribution < 1.29 is 5.11 Å². The third-order valence-electron chi connectivity index (χ3n) is 1.64. The minimum atomic E-state index is 0.0648. The molecule has 11 heavy (non-hydrogen) atoms. The molecule has 0 unspecified atom stereocenters. The minimum Gasteiger partial charge on any atom is -0.393 e. The highest BCUT2D eigenvalue weighted by atomic mass is 16.3. The van der Waals surface area contributed by atoms with Gasteiger partial charge in [-0.1, -0.05) is 6.07 Å². The van der Waals surface area contributed by atoms with Crippen molar-refractivity contribution in [3.05, 3.63) is 30.6 Å². The first-order valence-corrected chi connectivity index (χ1v) is 3.92. The molecular formula is C9H13NO. The second kappa shape index (κ2) is 4.85. The van der Waals surface area contributed by atoms with Gasteiger partial charge in [0.05, 0.1) is 6.10 Å². The number of hydrogen-bond donors (Lipinski definition) is 1. The Kier molecular flexibility index (Phi) is 3.62. The van der Waals surface area contributed by atoms with E-state index in [0.717, 1.165) is 12.8 Å². The topological polar surface area (TPSA) is 33.1 Å². The van der Waals surface area contributed by atoms with E-state index in [1.165, 1.54) is 6.42 Å². The molecule has 60 valence electrons. The fourth-order valence-electron chi connectivity index (χ4n) is 0.699. The van der Waals surface area contributed by atoms with Crippen LogP contribution in [0.2, 0.25) is 0 Å². The van der Waals surface area contributed by atoms with Gasteiger partial charge >= 0.3 is 0 Å². The molecule has 1 aliphatic carbocycles. The Morgan fingerprint density at radius 3 is 1.73 bits per heavy atom. The van der Waals surface area contributed by atoms with Crippen LogP contribution in [0.25, 0.3) is 0 Å². The number of aliphatic hydroxyl groups is 1. The molecule has 0 saturated heterocycles. The van der Waals surface area contributed by atoms with Gasteiger partial charge in [0.2, 0.25) is 0 Å². The van der Waals surface area contributed by atoms with Crippen LogP contribution in [0.4, 0.5) is 0 Å². The lowest BCUT2D eigenvalue weighted by Gasteiger charge is -2.17. The Bertz CT molecular complexity index is 145. The average molecular weight is 151 g/mol. The zero-order chi connectivity index (χ0) is 7.94. The van der Waals surface area contributed by atoms with Crippen molar-refractivity contribution in [1.82, 2.24) is 4.98 Å².